The molecule has 2 fully saturated rings. The van der Waals surface area contributed by atoms with Crippen LogP contribution in [0, 0.1) is 29.6 Å². The summed E-state index contributed by atoms with van der Waals surface area (Å²) in [5.74, 6) is 8.91. The normalized spacial score (nSPS) is 28.5. The molecule has 0 aromatic carbocycles. The van der Waals surface area contributed by atoms with Gasteiger partial charge in [-0.3, -0.25) is 0 Å². The number of rotatable bonds is 10. The van der Waals surface area contributed by atoms with Gasteiger partial charge in [-0.1, -0.05) is 69.9 Å². The quantitative estimate of drug-likeness (QED) is 0.275. The van der Waals surface area contributed by atoms with E-state index in [0.717, 1.165) is 24.9 Å². The van der Waals surface area contributed by atoms with Gasteiger partial charge in [0.1, 0.15) is 0 Å². The second-order valence-electron chi connectivity index (χ2n) is 9.04. The monoisotopic (exact) mass is 384 g/mol. The van der Waals surface area contributed by atoms with Gasteiger partial charge in [-0.05, 0) is 87.7 Å². The standard InChI is InChI=1S/C27H44O/c1-3-5-6-9-12-24-15-17-25(18-16-24)13-10-7-8-11-14-26-19-21-27(22-20-26)28-23-4-2/h10-11,13-14,24-27H,3-6,9,12,15-23H2,1-2H3/b13-10+,14-11+. The van der Waals surface area contributed by atoms with Gasteiger partial charge in [-0.15, -0.1) is 0 Å². The average Bonchev–Trinajstić information content (AvgIpc) is 2.74. The minimum absolute atomic E-state index is 0.505. The molecule has 0 bridgehead atoms. The topological polar surface area (TPSA) is 9.23 Å². The zero-order valence-corrected chi connectivity index (χ0v) is 18.6. The molecule has 2 rings (SSSR count). The molecule has 0 radical (unpaired) electrons. The molecule has 0 saturated heterocycles. The van der Waals surface area contributed by atoms with Crippen LogP contribution in [0.1, 0.15) is 104 Å². The summed E-state index contributed by atoms with van der Waals surface area (Å²) in [5.41, 5.74) is 0. The van der Waals surface area contributed by atoms with E-state index in [0.29, 0.717) is 12.0 Å². The molecule has 158 valence electrons. The van der Waals surface area contributed by atoms with Crippen LogP contribution in [0.2, 0.25) is 0 Å². The fourth-order valence-corrected chi connectivity index (χ4v) is 4.73. The first-order valence-corrected chi connectivity index (χ1v) is 12.3. The Kier molecular flexibility index (Phi) is 12.4. The number of unbranched alkanes of at least 4 members (excludes halogenated alkanes) is 3. The Labute approximate surface area is 175 Å². The number of hydrogen-bond acceptors (Lipinski definition) is 1. The summed E-state index contributed by atoms with van der Waals surface area (Å²) >= 11 is 0. The van der Waals surface area contributed by atoms with Crippen LogP contribution in [-0.2, 0) is 4.74 Å². The minimum atomic E-state index is 0.505. The molecule has 1 heteroatoms. The van der Waals surface area contributed by atoms with E-state index in [1.54, 1.807) is 0 Å². The van der Waals surface area contributed by atoms with Crippen molar-refractivity contribution < 1.29 is 4.74 Å². The molecule has 0 atom stereocenters. The van der Waals surface area contributed by atoms with Gasteiger partial charge in [-0.25, -0.2) is 0 Å². The Hall–Kier alpha value is -1.00. The summed E-state index contributed by atoms with van der Waals surface area (Å²) in [7, 11) is 0. The third kappa shape index (κ3) is 9.97. The zero-order chi connectivity index (χ0) is 19.9. The van der Waals surface area contributed by atoms with E-state index in [-0.39, 0.29) is 0 Å². The van der Waals surface area contributed by atoms with E-state index >= 15 is 0 Å². The van der Waals surface area contributed by atoms with E-state index in [1.165, 1.54) is 83.5 Å². The highest BCUT2D eigenvalue weighted by molar-refractivity contribution is 5.24. The molecule has 0 N–H and O–H groups in total. The van der Waals surface area contributed by atoms with Crippen LogP contribution in [0.25, 0.3) is 0 Å². The average molecular weight is 385 g/mol. The lowest BCUT2D eigenvalue weighted by atomic mass is 9.79. The van der Waals surface area contributed by atoms with Crippen LogP contribution >= 0.6 is 0 Å². The van der Waals surface area contributed by atoms with Gasteiger partial charge < -0.3 is 4.74 Å². The summed E-state index contributed by atoms with van der Waals surface area (Å²) in [6.07, 6.45) is 28.2. The third-order valence-corrected chi connectivity index (χ3v) is 6.62. The van der Waals surface area contributed by atoms with Crippen molar-refractivity contribution in [2.75, 3.05) is 6.61 Å². The maximum atomic E-state index is 5.87. The van der Waals surface area contributed by atoms with E-state index in [4.69, 9.17) is 4.74 Å². The maximum Gasteiger partial charge on any atom is 0.0575 e. The van der Waals surface area contributed by atoms with Gasteiger partial charge in [0.15, 0.2) is 0 Å². The second kappa shape index (κ2) is 14.9. The van der Waals surface area contributed by atoms with Crippen molar-refractivity contribution in [3.8, 4) is 11.8 Å². The van der Waals surface area contributed by atoms with Crippen molar-refractivity contribution in [3.63, 3.8) is 0 Å². The second-order valence-corrected chi connectivity index (χ2v) is 9.04. The van der Waals surface area contributed by atoms with Crippen LogP contribution in [0.5, 0.6) is 0 Å². The summed E-state index contributed by atoms with van der Waals surface area (Å²) in [6, 6.07) is 0. The minimum Gasteiger partial charge on any atom is -0.378 e. The van der Waals surface area contributed by atoms with Gasteiger partial charge in [0, 0.05) is 6.61 Å². The molecule has 0 unspecified atom stereocenters. The van der Waals surface area contributed by atoms with Gasteiger partial charge in [0.25, 0.3) is 0 Å². The molecule has 2 aliphatic carbocycles. The molecule has 2 aliphatic rings. The maximum absolute atomic E-state index is 5.87. The van der Waals surface area contributed by atoms with Crippen molar-refractivity contribution in [3.05, 3.63) is 24.3 Å². The molecule has 28 heavy (non-hydrogen) atoms. The molecule has 0 aromatic heterocycles. The number of ether oxygens (including phenoxy) is 1. The van der Waals surface area contributed by atoms with Crippen LogP contribution in [0.15, 0.2) is 24.3 Å². The highest BCUT2D eigenvalue weighted by Gasteiger charge is 2.20. The van der Waals surface area contributed by atoms with Crippen LogP contribution in [-0.4, -0.2) is 12.7 Å². The lowest BCUT2D eigenvalue weighted by molar-refractivity contribution is 0.0227. The molecule has 0 spiro atoms. The fourth-order valence-electron chi connectivity index (χ4n) is 4.73. The first-order valence-electron chi connectivity index (χ1n) is 12.3. The highest BCUT2D eigenvalue weighted by atomic mass is 16.5. The Morgan fingerprint density at radius 2 is 1.32 bits per heavy atom. The smallest absolute Gasteiger partial charge is 0.0575 e. The van der Waals surface area contributed by atoms with Gasteiger partial charge in [0.2, 0.25) is 0 Å². The van der Waals surface area contributed by atoms with Gasteiger partial charge in [0.05, 0.1) is 6.10 Å². The summed E-state index contributed by atoms with van der Waals surface area (Å²) in [5, 5.41) is 0. The first kappa shape index (κ1) is 23.3. The van der Waals surface area contributed by atoms with E-state index in [2.05, 4.69) is 50.0 Å². The van der Waals surface area contributed by atoms with Crippen molar-refractivity contribution in [1.82, 2.24) is 0 Å². The molecular weight excluding hydrogens is 340 g/mol. The Morgan fingerprint density at radius 3 is 1.89 bits per heavy atom. The fraction of sp³-hybridized carbons (Fsp3) is 0.778. The lowest BCUT2D eigenvalue weighted by Gasteiger charge is -2.26. The predicted octanol–water partition coefficient (Wildman–Crippen LogP) is 7.86. The summed E-state index contributed by atoms with van der Waals surface area (Å²) < 4.78 is 5.87. The molecule has 1 nitrogen and oxygen atoms in total. The van der Waals surface area contributed by atoms with Crippen molar-refractivity contribution in [2.45, 2.75) is 110 Å². The molecule has 0 amide bonds. The van der Waals surface area contributed by atoms with Crippen LogP contribution in [0.3, 0.4) is 0 Å². The van der Waals surface area contributed by atoms with Crippen molar-refractivity contribution >= 4 is 0 Å². The molecular formula is C27H44O. The number of hydrogen-bond donors (Lipinski definition) is 0. The lowest BCUT2D eigenvalue weighted by Crippen LogP contribution is -2.21. The summed E-state index contributed by atoms with van der Waals surface area (Å²) in [4.78, 5) is 0. The largest absolute Gasteiger partial charge is 0.378 e. The molecule has 0 aromatic rings. The molecule has 2 saturated carbocycles. The Balaban J connectivity index is 1.55. The van der Waals surface area contributed by atoms with Gasteiger partial charge >= 0.3 is 0 Å². The third-order valence-electron chi connectivity index (χ3n) is 6.62. The first-order chi connectivity index (χ1) is 13.8. The SMILES string of the molecule is CCCCCCC1CCC(/C=C/C#C/C=C/C2CCC(OCCC)CC2)CC1. The Bertz CT molecular complexity index is 490. The van der Waals surface area contributed by atoms with Crippen LogP contribution < -0.4 is 0 Å². The van der Waals surface area contributed by atoms with Crippen molar-refractivity contribution in [2.24, 2.45) is 17.8 Å². The number of allylic oxidation sites excluding steroid dienone is 4. The Morgan fingerprint density at radius 1 is 0.714 bits per heavy atom. The predicted molar refractivity (Wildman–Crippen MR) is 122 cm³/mol. The summed E-state index contributed by atoms with van der Waals surface area (Å²) in [6.45, 7) is 5.40. The van der Waals surface area contributed by atoms with E-state index < -0.39 is 0 Å². The van der Waals surface area contributed by atoms with E-state index in [9.17, 15) is 0 Å². The zero-order valence-electron chi connectivity index (χ0n) is 18.6. The van der Waals surface area contributed by atoms with Gasteiger partial charge in [-0.2, -0.15) is 0 Å². The van der Waals surface area contributed by atoms with Crippen LogP contribution in [0.4, 0.5) is 0 Å². The molecule has 0 aliphatic heterocycles. The van der Waals surface area contributed by atoms with E-state index in [1.807, 2.05) is 0 Å². The van der Waals surface area contributed by atoms with Crippen molar-refractivity contribution in [1.29, 1.82) is 0 Å². The molecule has 0 heterocycles. The highest BCUT2D eigenvalue weighted by Crippen LogP contribution is 2.32.